The molecule has 1 aromatic carbocycles. The Hall–Kier alpha value is -1.68. The fourth-order valence-corrected chi connectivity index (χ4v) is 1.49. The van der Waals surface area contributed by atoms with E-state index in [1.165, 1.54) is 0 Å². The molecule has 0 aliphatic heterocycles. The molecule has 0 spiro atoms. The topological polar surface area (TPSA) is 69.1 Å². The second-order valence-corrected chi connectivity index (χ2v) is 3.38. The van der Waals surface area contributed by atoms with E-state index in [-0.39, 0.29) is 5.78 Å². The van der Waals surface area contributed by atoms with Crippen molar-refractivity contribution in [2.24, 2.45) is 5.73 Å². The van der Waals surface area contributed by atoms with Gasteiger partial charge in [0.05, 0.1) is 0 Å². The summed E-state index contributed by atoms with van der Waals surface area (Å²) in [5, 5.41) is 0. The molecule has 0 saturated heterocycles. The van der Waals surface area contributed by atoms with Gasteiger partial charge >= 0.3 is 0 Å². The van der Waals surface area contributed by atoms with E-state index in [2.05, 4.69) is 4.98 Å². The zero-order chi connectivity index (χ0) is 10.8. The van der Waals surface area contributed by atoms with E-state index < -0.39 is 0 Å². The van der Waals surface area contributed by atoms with Crippen molar-refractivity contribution in [2.45, 2.75) is 13.3 Å². The Morgan fingerprint density at radius 2 is 2.33 bits per heavy atom. The first-order valence-electron chi connectivity index (χ1n) is 4.81. The molecule has 2 N–H and O–H groups in total. The maximum Gasteiger partial charge on any atom is 0.192 e. The van der Waals surface area contributed by atoms with Crippen LogP contribution < -0.4 is 5.73 Å². The van der Waals surface area contributed by atoms with Gasteiger partial charge in [-0.2, -0.15) is 0 Å². The fourth-order valence-electron chi connectivity index (χ4n) is 1.49. The van der Waals surface area contributed by atoms with Crippen LogP contribution in [0.3, 0.4) is 0 Å². The number of rotatable bonds is 3. The second-order valence-electron chi connectivity index (χ2n) is 3.38. The molecule has 0 aliphatic carbocycles. The number of oxazole rings is 1. The Morgan fingerprint density at radius 3 is 3.07 bits per heavy atom. The van der Waals surface area contributed by atoms with Gasteiger partial charge in [0, 0.05) is 18.9 Å². The molecule has 4 heteroatoms. The van der Waals surface area contributed by atoms with E-state index in [0.29, 0.717) is 30.0 Å². The molecule has 0 bridgehead atoms. The monoisotopic (exact) mass is 204 g/mol. The molecule has 0 aliphatic rings. The van der Waals surface area contributed by atoms with Crippen LogP contribution in [0.15, 0.2) is 22.6 Å². The number of Topliss-reactive ketones (excluding diaryl/α,β-unsaturated/α-hetero) is 1. The molecule has 0 unspecified atom stereocenters. The lowest BCUT2D eigenvalue weighted by molar-refractivity contribution is 0.0985. The maximum atomic E-state index is 11.6. The number of aryl methyl sites for hydroxylation is 1. The van der Waals surface area contributed by atoms with Crippen molar-refractivity contribution < 1.29 is 9.21 Å². The second kappa shape index (κ2) is 3.82. The van der Waals surface area contributed by atoms with Gasteiger partial charge in [0.1, 0.15) is 5.52 Å². The van der Waals surface area contributed by atoms with Crippen molar-refractivity contribution in [1.29, 1.82) is 0 Å². The summed E-state index contributed by atoms with van der Waals surface area (Å²) >= 11 is 0. The lowest BCUT2D eigenvalue weighted by atomic mass is 10.1. The molecule has 1 aromatic heterocycles. The van der Waals surface area contributed by atoms with E-state index in [4.69, 9.17) is 10.2 Å². The number of ketones is 1. The Morgan fingerprint density at radius 1 is 1.53 bits per heavy atom. The smallest absolute Gasteiger partial charge is 0.192 e. The number of benzene rings is 1. The van der Waals surface area contributed by atoms with Gasteiger partial charge in [0.15, 0.2) is 17.3 Å². The highest BCUT2D eigenvalue weighted by atomic mass is 16.3. The van der Waals surface area contributed by atoms with Crippen molar-refractivity contribution in [1.82, 2.24) is 4.98 Å². The van der Waals surface area contributed by atoms with Crippen molar-refractivity contribution in [3.05, 3.63) is 29.7 Å². The molecule has 0 saturated carbocycles. The van der Waals surface area contributed by atoms with Crippen LogP contribution in [0.1, 0.15) is 22.7 Å². The number of nitrogens with zero attached hydrogens (tertiary/aromatic N) is 1. The van der Waals surface area contributed by atoms with Gasteiger partial charge in [-0.1, -0.05) is 0 Å². The average molecular weight is 204 g/mol. The third-order valence-electron chi connectivity index (χ3n) is 2.19. The first-order valence-corrected chi connectivity index (χ1v) is 4.81. The molecular formula is C11H12N2O2. The van der Waals surface area contributed by atoms with E-state index in [0.717, 1.165) is 5.52 Å². The van der Waals surface area contributed by atoms with E-state index in [1.54, 1.807) is 25.1 Å². The number of aromatic nitrogens is 1. The molecule has 0 fully saturated rings. The summed E-state index contributed by atoms with van der Waals surface area (Å²) in [5.41, 5.74) is 7.39. The van der Waals surface area contributed by atoms with Gasteiger partial charge in [-0.3, -0.25) is 4.79 Å². The maximum absolute atomic E-state index is 11.6. The summed E-state index contributed by atoms with van der Waals surface area (Å²) in [6.07, 6.45) is 0.363. The first kappa shape index (κ1) is 9.86. The zero-order valence-electron chi connectivity index (χ0n) is 8.49. The highest BCUT2D eigenvalue weighted by Crippen LogP contribution is 2.17. The van der Waals surface area contributed by atoms with Crippen LogP contribution in [0.2, 0.25) is 0 Å². The lowest BCUT2D eigenvalue weighted by Gasteiger charge is -1.97. The van der Waals surface area contributed by atoms with Crippen molar-refractivity contribution in [3.63, 3.8) is 0 Å². The predicted molar refractivity (Wildman–Crippen MR) is 56.7 cm³/mol. The SMILES string of the molecule is Cc1nc2cc(C(=O)CCN)ccc2o1. The Labute approximate surface area is 87.1 Å². The Balaban J connectivity index is 2.41. The Kier molecular flexibility index (Phi) is 2.51. The van der Waals surface area contributed by atoms with Crippen LogP contribution >= 0.6 is 0 Å². The third kappa shape index (κ3) is 1.89. The first-order chi connectivity index (χ1) is 7.20. The number of nitrogens with two attached hydrogens (primary N) is 1. The Bertz CT molecular complexity index is 502. The summed E-state index contributed by atoms with van der Waals surface area (Å²) < 4.78 is 5.32. The van der Waals surface area contributed by atoms with E-state index >= 15 is 0 Å². The van der Waals surface area contributed by atoms with Crippen LogP contribution in [0.4, 0.5) is 0 Å². The standard InChI is InChI=1S/C11H12N2O2/c1-7-13-9-6-8(10(14)4-5-12)2-3-11(9)15-7/h2-3,6H,4-5,12H2,1H3. The molecule has 0 atom stereocenters. The minimum Gasteiger partial charge on any atom is -0.441 e. The quantitative estimate of drug-likeness (QED) is 0.772. The largest absolute Gasteiger partial charge is 0.441 e. The van der Waals surface area contributed by atoms with Crippen molar-refractivity contribution in [3.8, 4) is 0 Å². The van der Waals surface area contributed by atoms with Gasteiger partial charge in [0.2, 0.25) is 0 Å². The van der Waals surface area contributed by atoms with E-state index in [9.17, 15) is 4.79 Å². The van der Waals surface area contributed by atoms with Crippen LogP contribution in [-0.2, 0) is 0 Å². The van der Waals surface area contributed by atoms with Gasteiger partial charge in [0.25, 0.3) is 0 Å². The van der Waals surface area contributed by atoms with Crippen LogP contribution in [0.5, 0.6) is 0 Å². The highest BCUT2D eigenvalue weighted by molar-refractivity contribution is 5.98. The number of hydrogen-bond donors (Lipinski definition) is 1. The number of fused-ring (bicyclic) bond motifs is 1. The predicted octanol–water partition coefficient (Wildman–Crippen LogP) is 1.67. The molecule has 2 aromatic rings. The normalized spacial score (nSPS) is 10.8. The number of carbonyl (C=O) groups is 1. The van der Waals surface area contributed by atoms with Gasteiger partial charge in [-0.15, -0.1) is 0 Å². The summed E-state index contributed by atoms with van der Waals surface area (Å²) in [6, 6.07) is 5.24. The van der Waals surface area contributed by atoms with Crippen molar-refractivity contribution in [2.75, 3.05) is 6.54 Å². The third-order valence-corrected chi connectivity index (χ3v) is 2.19. The average Bonchev–Trinajstić information content (AvgIpc) is 2.57. The van der Waals surface area contributed by atoms with Crippen LogP contribution in [-0.4, -0.2) is 17.3 Å². The van der Waals surface area contributed by atoms with Gasteiger partial charge in [-0.25, -0.2) is 4.98 Å². The molecule has 4 nitrogen and oxygen atoms in total. The molecule has 2 rings (SSSR count). The molecule has 0 amide bonds. The van der Waals surface area contributed by atoms with Crippen LogP contribution in [0.25, 0.3) is 11.1 Å². The number of hydrogen-bond acceptors (Lipinski definition) is 4. The molecule has 0 radical (unpaired) electrons. The summed E-state index contributed by atoms with van der Waals surface area (Å²) in [7, 11) is 0. The van der Waals surface area contributed by atoms with Gasteiger partial charge < -0.3 is 10.2 Å². The minimum absolute atomic E-state index is 0.0417. The molecule has 15 heavy (non-hydrogen) atoms. The molecular weight excluding hydrogens is 192 g/mol. The minimum atomic E-state index is 0.0417. The fraction of sp³-hybridized carbons (Fsp3) is 0.273. The molecule has 1 heterocycles. The lowest BCUT2D eigenvalue weighted by Crippen LogP contribution is -2.07. The molecule has 78 valence electrons. The van der Waals surface area contributed by atoms with Gasteiger partial charge in [-0.05, 0) is 24.7 Å². The summed E-state index contributed by atoms with van der Waals surface area (Å²) in [6.45, 7) is 2.15. The summed E-state index contributed by atoms with van der Waals surface area (Å²) in [5.74, 6) is 0.647. The van der Waals surface area contributed by atoms with E-state index in [1.807, 2.05) is 0 Å². The highest BCUT2D eigenvalue weighted by Gasteiger charge is 2.08. The number of carbonyl (C=O) groups excluding carboxylic acids is 1. The van der Waals surface area contributed by atoms with Crippen molar-refractivity contribution >= 4 is 16.9 Å². The zero-order valence-corrected chi connectivity index (χ0v) is 8.49. The summed E-state index contributed by atoms with van der Waals surface area (Å²) in [4.78, 5) is 15.7. The van der Waals surface area contributed by atoms with Crippen LogP contribution in [0, 0.1) is 6.92 Å².